The number of ether oxygens (including phenoxy) is 1. The van der Waals surface area contributed by atoms with Crippen LogP contribution in [0.1, 0.15) is 27.2 Å². The van der Waals surface area contributed by atoms with Crippen molar-refractivity contribution in [2.24, 2.45) is 0 Å². The van der Waals surface area contributed by atoms with Gasteiger partial charge in [-0.25, -0.2) is 18.2 Å². The van der Waals surface area contributed by atoms with Crippen LogP contribution < -0.4 is 10.6 Å². The maximum Gasteiger partial charge on any atom is 0.413 e. The van der Waals surface area contributed by atoms with Gasteiger partial charge in [-0.05, 0) is 39.3 Å². The number of carbonyl (C=O) groups excluding carboxylic acids is 1. The first-order valence-electron chi connectivity index (χ1n) is 7.06. The summed E-state index contributed by atoms with van der Waals surface area (Å²) in [7, 11) is -2.91. The number of hydrogen-bond acceptors (Lipinski definition) is 6. The number of nitrogens with zero attached hydrogens (tertiary/aromatic N) is 1. The summed E-state index contributed by atoms with van der Waals surface area (Å²) in [6, 6.07) is 3.29. The molecule has 0 bridgehead atoms. The zero-order chi connectivity index (χ0) is 16.4. The van der Waals surface area contributed by atoms with Crippen molar-refractivity contribution in [2.75, 3.05) is 22.1 Å². The predicted molar refractivity (Wildman–Crippen MR) is 84.8 cm³/mol. The Morgan fingerprint density at radius 2 is 2.09 bits per heavy atom. The minimum Gasteiger partial charge on any atom is -0.444 e. The van der Waals surface area contributed by atoms with E-state index in [0.29, 0.717) is 12.2 Å². The van der Waals surface area contributed by atoms with Crippen LogP contribution in [0.4, 0.5) is 16.3 Å². The summed E-state index contributed by atoms with van der Waals surface area (Å²) < 4.78 is 27.9. The Morgan fingerprint density at radius 3 is 2.59 bits per heavy atom. The first kappa shape index (κ1) is 16.5. The SMILES string of the molecule is CC(C)(C)OC(=O)Nc1ccc(NC2CCS(=O)(=O)C2)cn1. The monoisotopic (exact) mass is 327 g/mol. The van der Waals surface area contributed by atoms with Crippen LogP contribution in [0, 0.1) is 0 Å². The molecule has 1 aromatic rings. The lowest BCUT2D eigenvalue weighted by Gasteiger charge is -2.19. The molecule has 1 amide bonds. The third-order valence-electron chi connectivity index (χ3n) is 3.00. The summed E-state index contributed by atoms with van der Waals surface area (Å²) in [5, 5.41) is 5.67. The van der Waals surface area contributed by atoms with E-state index < -0.39 is 21.5 Å². The number of carbonyl (C=O) groups is 1. The Bertz CT molecular complexity index is 635. The molecule has 2 heterocycles. The zero-order valence-electron chi connectivity index (χ0n) is 12.9. The standard InChI is InChI=1S/C14H21N3O4S/c1-14(2,3)21-13(18)17-12-5-4-10(8-15-12)16-11-6-7-22(19,20)9-11/h4-5,8,11,16H,6-7,9H2,1-3H3,(H,15,17,18). The van der Waals surface area contributed by atoms with Crippen molar-refractivity contribution >= 4 is 27.4 Å². The highest BCUT2D eigenvalue weighted by Crippen LogP contribution is 2.18. The maximum absolute atomic E-state index is 11.6. The summed E-state index contributed by atoms with van der Waals surface area (Å²) in [5.74, 6) is 0.736. The van der Waals surface area contributed by atoms with Crippen molar-refractivity contribution in [3.63, 3.8) is 0 Å². The number of anilines is 2. The van der Waals surface area contributed by atoms with E-state index in [1.807, 2.05) is 0 Å². The molecule has 0 aromatic carbocycles. The molecule has 1 unspecified atom stereocenters. The Balaban J connectivity index is 1.89. The van der Waals surface area contributed by atoms with Crippen LogP contribution in [0.15, 0.2) is 18.3 Å². The highest BCUT2D eigenvalue weighted by atomic mass is 32.2. The number of rotatable bonds is 3. The third kappa shape index (κ3) is 5.18. The smallest absolute Gasteiger partial charge is 0.413 e. The number of pyridine rings is 1. The molecule has 22 heavy (non-hydrogen) atoms. The summed E-state index contributed by atoms with van der Waals surface area (Å²) in [6.07, 6.45) is 1.58. The minimum absolute atomic E-state index is 0.0866. The molecular formula is C14H21N3O4S. The Hall–Kier alpha value is -1.83. The van der Waals surface area contributed by atoms with E-state index in [9.17, 15) is 13.2 Å². The highest BCUT2D eigenvalue weighted by Gasteiger charge is 2.27. The van der Waals surface area contributed by atoms with Crippen molar-refractivity contribution in [3.8, 4) is 0 Å². The second kappa shape index (κ2) is 6.12. The van der Waals surface area contributed by atoms with Gasteiger partial charge < -0.3 is 10.1 Å². The second-order valence-corrected chi connectivity index (χ2v) is 8.53. The normalized spacial score (nSPS) is 20.4. The average Bonchev–Trinajstić information content (AvgIpc) is 2.69. The van der Waals surface area contributed by atoms with Gasteiger partial charge in [-0.1, -0.05) is 0 Å². The van der Waals surface area contributed by atoms with E-state index in [1.165, 1.54) is 0 Å². The van der Waals surface area contributed by atoms with Crippen LogP contribution in [0.3, 0.4) is 0 Å². The average molecular weight is 327 g/mol. The van der Waals surface area contributed by atoms with E-state index in [0.717, 1.165) is 5.69 Å². The molecule has 1 saturated heterocycles. The predicted octanol–water partition coefficient (Wildman–Crippen LogP) is 2.03. The van der Waals surface area contributed by atoms with E-state index in [2.05, 4.69) is 15.6 Å². The number of hydrogen-bond donors (Lipinski definition) is 2. The van der Waals surface area contributed by atoms with Gasteiger partial charge in [0.05, 0.1) is 23.4 Å². The van der Waals surface area contributed by atoms with E-state index in [4.69, 9.17) is 4.74 Å². The van der Waals surface area contributed by atoms with Gasteiger partial charge in [-0.3, -0.25) is 5.32 Å². The molecular weight excluding hydrogens is 306 g/mol. The summed E-state index contributed by atoms with van der Waals surface area (Å²) in [5.41, 5.74) is 0.149. The fourth-order valence-corrected chi connectivity index (χ4v) is 3.78. The molecule has 8 heteroatoms. The van der Waals surface area contributed by atoms with Crippen molar-refractivity contribution in [1.29, 1.82) is 0 Å². The molecule has 0 spiro atoms. The fourth-order valence-electron chi connectivity index (χ4n) is 2.11. The van der Waals surface area contributed by atoms with Gasteiger partial charge in [0.15, 0.2) is 9.84 Å². The quantitative estimate of drug-likeness (QED) is 0.881. The first-order chi connectivity index (χ1) is 10.1. The zero-order valence-corrected chi connectivity index (χ0v) is 13.7. The minimum atomic E-state index is -2.91. The summed E-state index contributed by atoms with van der Waals surface area (Å²) >= 11 is 0. The Kier molecular flexibility index (Phi) is 4.60. The van der Waals surface area contributed by atoms with Crippen molar-refractivity contribution in [1.82, 2.24) is 4.98 Å². The van der Waals surface area contributed by atoms with Crippen molar-refractivity contribution < 1.29 is 17.9 Å². The molecule has 0 saturated carbocycles. The topological polar surface area (TPSA) is 97.4 Å². The van der Waals surface area contributed by atoms with Crippen LogP contribution in [0.25, 0.3) is 0 Å². The molecule has 122 valence electrons. The molecule has 1 fully saturated rings. The van der Waals surface area contributed by atoms with Gasteiger partial charge in [0, 0.05) is 6.04 Å². The number of sulfone groups is 1. The first-order valence-corrected chi connectivity index (χ1v) is 8.88. The Morgan fingerprint density at radius 1 is 1.36 bits per heavy atom. The van der Waals surface area contributed by atoms with Gasteiger partial charge in [0.2, 0.25) is 0 Å². The summed E-state index contributed by atoms with van der Waals surface area (Å²) in [6.45, 7) is 5.34. The second-order valence-electron chi connectivity index (χ2n) is 6.30. The van der Waals surface area contributed by atoms with E-state index in [1.54, 1.807) is 39.1 Å². The number of amides is 1. The van der Waals surface area contributed by atoms with Crippen LogP contribution >= 0.6 is 0 Å². The highest BCUT2D eigenvalue weighted by molar-refractivity contribution is 7.91. The fraction of sp³-hybridized carbons (Fsp3) is 0.571. The van der Waals surface area contributed by atoms with E-state index >= 15 is 0 Å². The largest absolute Gasteiger partial charge is 0.444 e. The molecule has 1 aliphatic rings. The molecule has 1 aliphatic heterocycles. The van der Waals surface area contributed by atoms with Crippen molar-refractivity contribution in [3.05, 3.63) is 18.3 Å². The summed E-state index contributed by atoms with van der Waals surface area (Å²) in [4.78, 5) is 15.7. The van der Waals surface area contributed by atoms with Gasteiger partial charge in [0.1, 0.15) is 11.4 Å². The molecule has 7 nitrogen and oxygen atoms in total. The van der Waals surface area contributed by atoms with Crippen LogP contribution in [0.2, 0.25) is 0 Å². The lowest BCUT2D eigenvalue weighted by molar-refractivity contribution is 0.0635. The third-order valence-corrected chi connectivity index (χ3v) is 4.76. The molecule has 0 aliphatic carbocycles. The molecule has 1 aromatic heterocycles. The number of aromatic nitrogens is 1. The lowest BCUT2D eigenvalue weighted by Crippen LogP contribution is -2.27. The maximum atomic E-state index is 11.6. The molecule has 2 N–H and O–H groups in total. The van der Waals surface area contributed by atoms with Crippen LogP contribution in [-0.2, 0) is 14.6 Å². The molecule has 0 radical (unpaired) electrons. The molecule has 1 atom stereocenters. The van der Waals surface area contributed by atoms with Crippen LogP contribution in [0.5, 0.6) is 0 Å². The Labute approximate surface area is 130 Å². The van der Waals surface area contributed by atoms with Crippen LogP contribution in [-0.4, -0.2) is 42.6 Å². The van der Waals surface area contributed by atoms with Crippen molar-refractivity contribution in [2.45, 2.75) is 38.8 Å². The molecule has 2 rings (SSSR count). The van der Waals surface area contributed by atoms with Gasteiger partial charge in [0.25, 0.3) is 0 Å². The lowest BCUT2D eigenvalue weighted by atomic mass is 10.2. The van der Waals surface area contributed by atoms with Gasteiger partial charge >= 0.3 is 6.09 Å². The van der Waals surface area contributed by atoms with Gasteiger partial charge in [-0.15, -0.1) is 0 Å². The van der Waals surface area contributed by atoms with E-state index in [-0.39, 0.29) is 17.5 Å². The van der Waals surface area contributed by atoms with Gasteiger partial charge in [-0.2, -0.15) is 0 Å². The number of nitrogens with one attached hydrogen (secondary N) is 2.